The van der Waals surface area contributed by atoms with Crippen molar-refractivity contribution in [2.45, 2.75) is 23.7 Å². The van der Waals surface area contributed by atoms with Crippen LogP contribution in [-0.2, 0) is 10.0 Å². The SMILES string of the molecule is Cc1noc(C2CN(S(=O)(=O)c3ccccc3F)CC2c2ccccc2)n1. The Kier molecular flexibility index (Phi) is 4.53. The summed E-state index contributed by atoms with van der Waals surface area (Å²) in [5.41, 5.74) is 0.976. The molecule has 1 aliphatic heterocycles. The van der Waals surface area contributed by atoms with Crippen LogP contribution in [0.15, 0.2) is 64.0 Å². The molecular formula is C19H18FN3O3S. The average Bonchev–Trinajstić information content (AvgIpc) is 3.29. The maximum Gasteiger partial charge on any atom is 0.246 e. The topological polar surface area (TPSA) is 76.3 Å². The van der Waals surface area contributed by atoms with Gasteiger partial charge in [0.05, 0.1) is 5.92 Å². The smallest absolute Gasteiger partial charge is 0.246 e. The highest BCUT2D eigenvalue weighted by Crippen LogP contribution is 2.41. The van der Waals surface area contributed by atoms with Gasteiger partial charge in [0.1, 0.15) is 10.7 Å². The summed E-state index contributed by atoms with van der Waals surface area (Å²) in [4.78, 5) is 3.98. The van der Waals surface area contributed by atoms with Gasteiger partial charge in [-0.05, 0) is 24.6 Å². The van der Waals surface area contributed by atoms with Crippen molar-refractivity contribution in [3.8, 4) is 0 Å². The van der Waals surface area contributed by atoms with E-state index < -0.39 is 15.8 Å². The van der Waals surface area contributed by atoms with E-state index in [0.29, 0.717) is 11.7 Å². The average molecular weight is 387 g/mol. The Labute approximate surface area is 156 Å². The van der Waals surface area contributed by atoms with Gasteiger partial charge in [-0.1, -0.05) is 47.6 Å². The third-order valence-corrected chi connectivity index (χ3v) is 6.69. The molecule has 6 nitrogen and oxygen atoms in total. The molecule has 2 unspecified atom stereocenters. The highest BCUT2D eigenvalue weighted by Gasteiger charge is 2.43. The maximum atomic E-state index is 14.1. The van der Waals surface area contributed by atoms with Crippen LogP contribution in [-0.4, -0.2) is 36.0 Å². The second kappa shape index (κ2) is 6.86. The number of halogens is 1. The minimum atomic E-state index is -3.98. The molecule has 0 saturated carbocycles. The van der Waals surface area contributed by atoms with Crippen LogP contribution in [0.2, 0.25) is 0 Å². The molecule has 1 saturated heterocycles. The molecule has 2 atom stereocenters. The monoisotopic (exact) mass is 387 g/mol. The molecule has 8 heteroatoms. The normalized spacial score (nSPS) is 20.8. The van der Waals surface area contributed by atoms with Crippen LogP contribution in [0, 0.1) is 12.7 Å². The standard InChI is InChI=1S/C19H18FN3O3S/c1-13-21-19(26-22-13)16-12-23(11-15(16)14-7-3-2-4-8-14)27(24,25)18-10-6-5-9-17(18)20/h2-10,15-16H,11-12H2,1H3. The number of aromatic nitrogens is 2. The third kappa shape index (κ3) is 3.26. The molecule has 27 heavy (non-hydrogen) atoms. The Morgan fingerprint density at radius 3 is 2.37 bits per heavy atom. The van der Waals surface area contributed by atoms with E-state index in [2.05, 4.69) is 10.1 Å². The van der Waals surface area contributed by atoms with Gasteiger partial charge in [-0.25, -0.2) is 12.8 Å². The Morgan fingerprint density at radius 2 is 1.70 bits per heavy atom. The van der Waals surface area contributed by atoms with Crippen molar-refractivity contribution >= 4 is 10.0 Å². The second-order valence-electron chi connectivity index (χ2n) is 6.56. The lowest BCUT2D eigenvalue weighted by molar-refractivity contribution is 0.345. The summed E-state index contributed by atoms with van der Waals surface area (Å²) in [5.74, 6) is -0.326. The molecule has 1 fully saturated rings. The minimum absolute atomic E-state index is 0.151. The molecule has 1 aromatic heterocycles. The first-order valence-corrected chi connectivity index (χ1v) is 10.0. The van der Waals surface area contributed by atoms with Crippen molar-refractivity contribution < 1.29 is 17.3 Å². The van der Waals surface area contributed by atoms with Crippen molar-refractivity contribution in [1.82, 2.24) is 14.4 Å². The highest BCUT2D eigenvalue weighted by molar-refractivity contribution is 7.89. The molecule has 0 amide bonds. The molecule has 4 rings (SSSR count). The Balaban J connectivity index is 1.73. The molecule has 1 aliphatic rings. The lowest BCUT2D eigenvalue weighted by atomic mass is 9.89. The van der Waals surface area contributed by atoms with E-state index in [1.54, 1.807) is 6.92 Å². The van der Waals surface area contributed by atoms with E-state index in [9.17, 15) is 12.8 Å². The molecule has 140 valence electrons. The van der Waals surface area contributed by atoms with Crippen molar-refractivity contribution in [3.63, 3.8) is 0 Å². The maximum absolute atomic E-state index is 14.1. The third-order valence-electron chi connectivity index (χ3n) is 4.83. The Hall–Kier alpha value is -2.58. The molecule has 2 heterocycles. The quantitative estimate of drug-likeness (QED) is 0.688. The van der Waals surface area contributed by atoms with Crippen LogP contribution in [0.4, 0.5) is 4.39 Å². The fourth-order valence-electron chi connectivity index (χ4n) is 3.51. The predicted octanol–water partition coefficient (Wildman–Crippen LogP) is 3.09. The Bertz CT molecular complexity index is 1050. The van der Waals surface area contributed by atoms with Crippen molar-refractivity contribution in [1.29, 1.82) is 0 Å². The predicted molar refractivity (Wildman–Crippen MR) is 96.1 cm³/mol. The van der Waals surface area contributed by atoms with Crippen LogP contribution < -0.4 is 0 Å². The zero-order valence-corrected chi connectivity index (χ0v) is 15.4. The van der Waals surface area contributed by atoms with E-state index in [1.807, 2.05) is 30.3 Å². The summed E-state index contributed by atoms with van der Waals surface area (Å²) in [7, 11) is -3.98. The zero-order valence-electron chi connectivity index (χ0n) is 14.6. The first-order valence-electron chi connectivity index (χ1n) is 8.56. The summed E-state index contributed by atoms with van der Waals surface area (Å²) in [6.07, 6.45) is 0. The fourth-order valence-corrected chi connectivity index (χ4v) is 5.07. The molecule has 0 N–H and O–H groups in total. The van der Waals surface area contributed by atoms with Crippen LogP contribution in [0.3, 0.4) is 0 Å². The largest absolute Gasteiger partial charge is 0.339 e. The number of benzene rings is 2. The highest BCUT2D eigenvalue weighted by atomic mass is 32.2. The number of nitrogens with zero attached hydrogens (tertiary/aromatic N) is 3. The van der Waals surface area contributed by atoms with Gasteiger partial charge in [0.25, 0.3) is 0 Å². The number of sulfonamides is 1. The molecular weight excluding hydrogens is 369 g/mol. The van der Waals surface area contributed by atoms with Crippen molar-refractivity contribution in [2.24, 2.45) is 0 Å². The van der Waals surface area contributed by atoms with Crippen LogP contribution in [0.1, 0.15) is 29.1 Å². The van der Waals surface area contributed by atoms with E-state index in [1.165, 1.54) is 22.5 Å². The van der Waals surface area contributed by atoms with Crippen LogP contribution in [0.5, 0.6) is 0 Å². The molecule has 3 aromatic rings. The van der Waals surface area contributed by atoms with Gasteiger partial charge >= 0.3 is 0 Å². The molecule has 0 bridgehead atoms. The van der Waals surface area contributed by atoms with Crippen molar-refractivity contribution in [3.05, 3.63) is 77.7 Å². The summed E-state index contributed by atoms with van der Waals surface area (Å²) >= 11 is 0. The second-order valence-corrected chi connectivity index (χ2v) is 8.46. The van der Waals surface area contributed by atoms with E-state index in [4.69, 9.17) is 4.52 Å². The van der Waals surface area contributed by atoms with Gasteiger partial charge in [0, 0.05) is 19.0 Å². The summed E-state index contributed by atoms with van der Waals surface area (Å²) < 4.78 is 46.8. The molecule has 0 aliphatic carbocycles. The summed E-state index contributed by atoms with van der Waals surface area (Å²) in [6, 6.07) is 15.0. The number of hydrogen-bond acceptors (Lipinski definition) is 5. The molecule has 2 aromatic carbocycles. The van der Waals surface area contributed by atoms with Gasteiger partial charge < -0.3 is 4.52 Å². The summed E-state index contributed by atoms with van der Waals surface area (Å²) in [5, 5.41) is 3.83. The van der Waals surface area contributed by atoms with Gasteiger partial charge in [0.2, 0.25) is 15.9 Å². The number of aryl methyl sites for hydroxylation is 1. The van der Waals surface area contributed by atoms with Crippen LogP contribution in [0.25, 0.3) is 0 Å². The van der Waals surface area contributed by atoms with E-state index in [-0.39, 0.29) is 29.8 Å². The zero-order chi connectivity index (χ0) is 19.0. The van der Waals surface area contributed by atoms with Gasteiger partial charge in [-0.15, -0.1) is 0 Å². The molecule has 0 radical (unpaired) electrons. The first-order chi connectivity index (χ1) is 13.0. The fraction of sp³-hybridized carbons (Fsp3) is 0.263. The van der Waals surface area contributed by atoms with Crippen LogP contribution >= 0.6 is 0 Å². The first kappa shape index (κ1) is 17.8. The number of rotatable bonds is 4. The van der Waals surface area contributed by atoms with Crippen molar-refractivity contribution in [2.75, 3.05) is 13.1 Å². The van der Waals surface area contributed by atoms with Gasteiger partial charge in [0.15, 0.2) is 5.82 Å². The number of hydrogen-bond donors (Lipinski definition) is 0. The summed E-state index contributed by atoms with van der Waals surface area (Å²) in [6.45, 7) is 2.08. The van der Waals surface area contributed by atoms with E-state index in [0.717, 1.165) is 11.6 Å². The van der Waals surface area contributed by atoms with E-state index >= 15 is 0 Å². The lowest BCUT2D eigenvalue weighted by Gasteiger charge is -2.17. The minimum Gasteiger partial charge on any atom is -0.339 e. The van der Waals surface area contributed by atoms with Gasteiger partial charge in [-0.2, -0.15) is 9.29 Å². The molecule has 0 spiro atoms. The Morgan fingerprint density at radius 1 is 1.04 bits per heavy atom. The van der Waals surface area contributed by atoms with Gasteiger partial charge in [-0.3, -0.25) is 0 Å². The lowest BCUT2D eigenvalue weighted by Crippen LogP contribution is -2.29.